The zero-order valence-corrected chi connectivity index (χ0v) is 13.5. The predicted molar refractivity (Wildman–Crippen MR) is 89.0 cm³/mol. The predicted octanol–water partition coefficient (Wildman–Crippen LogP) is 3.57. The van der Waals surface area contributed by atoms with Crippen LogP contribution >= 0.6 is 0 Å². The smallest absolute Gasteiger partial charge is 0.263 e. The maximum absolute atomic E-state index is 12.1. The molecule has 2 rings (SSSR count). The van der Waals surface area contributed by atoms with E-state index in [-0.39, 0.29) is 5.91 Å². The van der Waals surface area contributed by atoms with Gasteiger partial charge in [0, 0.05) is 6.04 Å². The maximum Gasteiger partial charge on any atom is 0.263 e. The van der Waals surface area contributed by atoms with Crippen LogP contribution in [-0.2, 0) is 9.63 Å². The molecule has 1 aromatic rings. The molecule has 0 bridgehead atoms. The Morgan fingerprint density at radius 3 is 2.64 bits per heavy atom. The van der Waals surface area contributed by atoms with Crippen LogP contribution in [0, 0.1) is 6.92 Å². The Morgan fingerprint density at radius 1 is 1.27 bits per heavy atom. The van der Waals surface area contributed by atoms with Crippen LogP contribution in [0.15, 0.2) is 29.4 Å². The van der Waals surface area contributed by atoms with Gasteiger partial charge in [-0.15, -0.1) is 0 Å². The van der Waals surface area contributed by atoms with E-state index >= 15 is 0 Å². The van der Waals surface area contributed by atoms with Crippen molar-refractivity contribution in [3.8, 4) is 0 Å². The van der Waals surface area contributed by atoms with Crippen molar-refractivity contribution < 1.29 is 9.63 Å². The Balaban J connectivity index is 1.79. The van der Waals surface area contributed by atoms with Gasteiger partial charge < -0.3 is 10.2 Å². The standard InChI is InChI=1S/C18H26N2O2/c1-14-9-7-8-10-16(14)13-19-22-15(2)18(21)20-17-11-5-3-4-6-12-17/h7-10,13,15,17H,3-6,11-12H2,1-2H3,(H,20,21)/b19-13+. The Morgan fingerprint density at radius 2 is 1.95 bits per heavy atom. The molecular formula is C18H26N2O2. The molecule has 1 unspecified atom stereocenters. The third-order valence-corrected chi connectivity index (χ3v) is 4.17. The molecule has 0 spiro atoms. The molecule has 1 aliphatic rings. The lowest BCUT2D eigenvalue weighted by Gasteiger charge is -2.18. The Labute approximate surface area is 132 Å². The summed E-state index contributed by atoms with van der Waals surface area (Å²) in [6.45, 7) is 3.75. The minimum atomic E-state index is -0.566. The van der Waals surface area contributed by atoms with Crippen molar-refractivity contribution in [3.63, 3.8) is 0 Å². The van der Waals surface area contributed by atoms with E-state index in [1.165, 1.54) is 25.7 Å². The highest BCUT2D eigenvalue weighted by Gasteiger charge is 2.19. The second-order valence-corrected chi connectivity index (χ2v) is 6.04. The van der Waals surface area contributed by atoms with E-state index < -0.39 is 6.10 Å². The number of carbonyl (C=O) groups excluding carboxylic acids is 1. The van der Waals surface area contributed by atoms with Crippen molar-refractivity contribution >= 4 is 12.1 Å². The molecule has 0 aliphatic heterocycles. The molecule has 1 aliphatic carbocycles. The van der Waals surface area contributed by atoms with Gasteiger partial charge in [0.1, 0.15) is 0 Å². The van der Waals surface area contributed by atoms with Crippen LogP contribution in [0.2, 0.25) is 0 Å². The summed E-state index contributed by atoms with van der Waals surface area (Å²) < 4.78 is 0. The van der Waals surface area contributed by atoms with E-state index in [2.05, 4.69) is 10.5 Å². The van der Waals surface area contributed by atoms with Crippen molar-refractivity contribution in [1.29, 1.82) is 0 Å². The molecule has 4 nitrogen and oxygen atoms in total. The summed E-state index contributed by atoms with van der Waals surface area (Å²) in [6, 6.07) is 8.22. The number of amides is 1. The van der Waals surface area contributed by atoms with Gasteiger partial charge in [-0.25, -0.2) is 0 Å². The highest BCUT2D eigenvalue weighted by Crippen LogP contribution is 2.17. The lowest BCUT2D eigenvalue weighted by Crippen LogP contribution is -2.40. The molecule has 22 heavy (non-hydrogen) atoms. The molecule has 1 fully saturated rings. The van der Waals surface area contributed by atoms with E-state index in [0.717, 1.165) is 24.0 Å². The number of rotatable bonds is 5. The molecule has 4 heteroatoms. The van der Waals surface area contributed by atoms with E-state index in [1.807, 2.05) is 31.2 Å². The summed E-state index contributed by atoms with van der Waals surface area (Å²) in [6.07, 6.45) is 8.19. The van der Waals surface area contributed by atoms with Gasteiger partial charge in [0.15, 0.2) is 0 Å². The van der Waals surface area contributed by atoms with Gasteiger partial charge in [-0.05, 0) is 37.8 Å². The lowest BCUT2D eigenvalue weighted by atomic mass is 10.1. The maximum atomic E-state index is 12.1. The van der Waals surface area contributed by atoms with Crippen LogP contribution in [0.4, 0.5) is 0 Å². The number of nitrogens with one attached hydrogen (secondary N) is 1. The van der Waals surface area contributed by atoms with E-state index in [1.54, 1.807) is 13.1 Å². The van der Waals surface area contributed by atoms with Gasteiger partial charge >= 0.3 is 0 Å². The minimum absolute atomic E-state index is 0.0752. The van der Waals surface area contributed by atoms with Crippen LogP contribution in [0.1, 0.15) is 56.6 Å². The van der Waals surface area contributed by atoms with Crippen LogP contribution in [0.25, 0.3) is 0 Å². The number of hydrogen-bond donors (Lipinski definition) is 1. The molecule has 120 valence electrons. The number of oxime groups is 1. The number of nitrogens with zero attached hydrogens (tertiary/aromatic N) is 1. The first-order valence-corrected chi connectivity index (χ1v) is 8.22. The third-order valence-electron chi connectivity index (χ3n) is 4.17. The molecule has 1 saturated carbocycles. The van der Waals surface area contributed by atoms with E-state index in [0.29, 0.717) is 6.04 Å². The van der Waals surface area contributed by atoms with Crippen molar-refractivity contribution in [2.24, 2.45) is 5.16 Å². The zero-order valence-electron chi connectivity index (χ0n) is 13.5. The van der Waals surface area contributed by atoms with Crippen LogP contribution in [0.3, 0.4) is 0 Å². The summed E-state index contributed by atoms with van der Waals surface area (Å²) in [4.78, 5) is 17.4. The van der Waals surface area contributed by atoms with Gasteiger partial charge in [0.25, 0.3) is 5.91 Å². The topological polar surface area (TPSA) is 50.7 Å². The monoisotopic (exact) mass is 302 g/mol. The van der Waals surface area contributed by atoms with Gasteiger partial charge in [-0.1, -0.05) is 55.1 Å². The van der Waals surface area contributed by atoms with E-state index in [4.69, 9.17) is 4.84 Å². The SMILES string of the molecule is Cc1ccccc1/C=N/OC(C)C(=O)NC1CCCCCC1. The average Bonchev–Trinajstić information content (AvgIpc) is 2.77. The van der Waals surface area contributed by atoms with Crippen molar-refractivity contribution in [2.75, 3.05) is 0 Å². The fraction of sp³-hybridized carbons (Fsp3) is 0.556. The number of benzene rings is 1. The molecule has 1 atom stereocenters. The summed E-state index contributed by atoms with van der Waals surface area (Å²) >= 11 is 0. The molecule has 0 heterocycles. The molecule has 0 aromatic heterocycles. The fourth-order valence-corrected chi connectivity index (χ4v) is 2.70. The normalized spacial score (nSPS) is 17.9. The lowest BCUT2D eigenvalue weighted by molar-refractivity contribution is -0.132. The average molecular weight is 302 g/mol. The molecular weight excluding hydrogens is 276 g/mol. The number of hydrogen-bond acceptors (Lipinski definition) is 3. The van der Waals surface area contributed by atoms with Crippen molar-refractivity contribution in [1.82, 2.24) is 5.32 Å². The molecule has 1 amide bonds. The highest BCUT2D eigenvalue weighted by molar-refractivity contribution is 5.82. The number of aryl methyl sites for hydroxylation is 1. The van der Waals surface area contributed by atoms with Gasteiger partial charge in [0.2, 0.25) is 6.10 Å². The molecule has 0 saturated heterocycles. The first kappa shape index (κ1) is 16.5. The van der Waals surface area contributed by atoms with E-state index in [9.17, 15) is 4.79 Å². The molecule has 1 aromatic carbocycles. The Bertz CT molecular complexity index is 506. The minimum Gasteiger partial charge on any atom is -0.383 e. The van der Waals surface area contributed by atoms with Gasteiger partial charge in [-0.2, -0.15) is 0 Å². The van der Waals surface area contributed by atoms with Crippen LogP contribution < -0.4 is 5.32 Å². The van der Waals surface area contributed by atoms with Crippen LogP contribution in [0.5, 0.6) is 0 Å². The zero-order chi connectivity index (χ0) is 15.8. The van der Waals surface area contributed by atoms with Crippen LogP contribution in [-0.4, -0.2) is 24.3 Å². The summed E-state index contributed by atoms with van der Waals surface area (Å²) in [7, 11) is 0. The summed E-state index contributed by atoms with van der Waals surface area (Å²) in [5.41, 5.74) is 2.13. The van der Waals surface area contributed by atoms with Gasteiger partial charge in [-0.3, -0.25) is 4.79 Å². The largest absolute Gasteiger partial charge is 0.383 e. The quantitative estimate of drug-likeness (QED) is 0.513. The third kappa shape index (κ3) is 5.17. The second kappa shape index (κ2) is 8.57. The summed E-state index contributed by atoms with van der Waals surface area (Å²) in [5.74, 6) is -0.0752. The number of carbonyl (C=O) groups is 1. The van der Waals surface area contributed by atoms with Crippen molar-refractivity contribution in [3.05, 3.63) is 35.4 Å². The van der Waals surface area contributed by atoms with Crippen molar-refractivity contribution in [2.45, 2.75) is 64.5 Å². The highest BCUT2D eigenvalue weighted by atomic mass is 16.6. The summed E-state index contributed by atoms with van der Waals surface area (Å²) in [5, 5.41) is 7.03. The first-order valence-electron chi connectivity index (χ1n) is 8.22. The Kier molecular flexibility index (Phi) is 6.44. The second-order valence-electron chi connectivity index (χ2n) is 6.04. The van der Waals surface area contributed by atoms with Gasteiger partial charge in [0.05, 0.1) is 6.21 Å². The first-order chi connectivity index (χ1) is 10.7. The fourth-order valence-electron chi connectivity index (χ4n) is 2.70. The Hall–Kier alpha value is -1.84. The molecule has 0 radical (unpaired) electrons. The molecule has 1 N–H and O–H groups in total.